The van der Waals surface area contributed by atoms with Crippen molar-refractivity contribution in [1.82, 2.24) is 0 Å². The molecule has 2 heterocycles. The van der Waals surface area contributed by atoms with Gasteiger partial charge in [0.05, 0.1) is 16.8 Å². The lowest BCUT2D eigenvalue weighted by atomic mass is 10.2. The summed E-state index contributed by atoms with van der Waals surface area (Å²) in [7, 11) is 0. The predicted molar refractivity (Wildman–Crippen MR) is 118 cm³/mol. The van der Waals surface area contributed by atoms with Gasteiger partial charge in [-0.05, 0) is 56.7 Å². The van der Waals surface area contributed by atoms with Crippen LogP contribution in [-0.2, 0) is 6.54 Å². The molecule has 0 amide bonds. The van der Waals surface area contributed by atoms with E-state index in [0.717, 1.165) is 29.9 Å². The molecule has 2 N–H and O–H groups in total. The number of fused-ring (bicyclic) bond motifs is 2. The summed E-state index contributed by atoms with van der Waals surface area (Å²) >= 11 is 3.46. The lowest BCUT2D eigenvalue weighted by Crippen LogP contribution is -3.00. The Balaban J connectivity index is 0.00000240. The number of benzene rings is 2. The van der Waals surface area contributed by atoms with Gasteiger partial charge in [-0.15, -0.1) is 0 Å². The standard InChI is InChI=1S/C22H22N2O2S2.HI/c1-4-23-17-12-15(25)6-8-19(17)27-21(23)10-14(3)11-22-24(5-2)18-13-16(26)7-9-20(18)28-22;/h6-13H,4-5H2,1-3H3,(H-,25,26);1H. The third kappa shape index (κ3) is 4.27. The molecule has 0 spiro atoms. The lowest BCUT2D eigenvalue weighted by molar-refractivity contribution is -0.665. The van der Waals surface area contributed by atoms with Crippen LogP contribution >= 0.6 is 23.1 Å². The molecule has 1 aliphatic heterocycles. The highest BCUT2D eigenvalue weighted by atomic mass is 127. The molecule has 152 valence electrons. The molecule has 0 radical (unpaired) electrons. The van der Waals surface area contributed by atoms with E-state index in [1.807, 2.05) is 24.3 Å². The highest BCUT2D eigenvalue weighted by Crippen LogP contribution is 2.47. The maximum atomic E-state index is 9.83. The van der Waals surface area contributed by atoms with Crippen molar-refractivity contribution in [3.8, 4) is 11.5 Å². The van der Waals surface area contributed by atoms with E-state index in [1.54, 1.807) is 35.2 Å². The number of phenols is 2. The van der Waals surface area contributed by atoms with Gasteiger partial charge in [0.1, 0.15) is 22.7 Å². The predicted octanol–water partition coefficient (Wildman–Crippen LogP) is 2.50. The van der Waals surface area contributed by atoms with Crippen molar-refractivity contribution in [3.63, 3.8) is 0 Å². The topological polar surface area (TPSA) is 47.6 Å². The Kier molecular flexibility index (Phi) is 6.80. The molecule has 0 saturated heterocycles. The number of nitrogens with zero attached hydrogens (tertiary/aromatic N) is 2. The van der Waals surface area contributed by atoms with Gasteiger partial charge in [-0.25, -0.2) is 0 Å². The fourth-order valence-electron chi connectivity index (χ4n) is 3.48. The maximum Gasteiger partial charge on any atom is 0.262 e. The quantitative estimate of drug-likeness (QED) is 0.396. The molecule has 0 bridgehead atoms. The molecule has 29 heavy (non-hydrogen) atoms. The minimum absolute atomic E-state index is 0. The van der Waals surface area contributed by atoms with Crippen molar-refractivity contribution < 1.29 is 38.8 Å². The first kappa shape index (κ1) is 22.0. The fraction of sp³-hybridized carbons (Fsp3) is 0.227. The number of aromatic hydroxyl groups is 2. The second kappa shape index (κ2) is 8.97. The number of phenolic OH excluding ortho intramolecular Hbond substituents is 2. The SMILES string of the molecule is CCN1/C(=C/C(C)=C/c2sc3ccc(O)cc3[n+]2CC)Sc2ccc(O)cc21.[I-]. The van der Waals surface area contributed by atoms with Gasteiger partial charge in [0.2, 0.25) is 5.52 Å². The second-order valence-corrected chi connectivity index (χ2v) is 8.83. The molecule has 0 unspecified atom stereocenters. The number of hydrogen-bond acceptors (Lipinski definition) is 5. The summed E-state index contributed by atoms with van der Waals surface area (Å²) in [5.74, 6) is 0.590. The summed E-state index contributed by atoms with van der Waals surface area (Å²) in [5, 5.41) is 22.0. The first-order valence-electron chi connectivity index (χ1n) is 9.34. The fourth-order valence-corrected chi connectivity index (χ4v) is 5.91. The number of aryl methyl sites for hydroxylation is 1. The number of hydrogen-bond donors (Lipinski definition) is 2. The molecule has 1 aromatic heterocycles. The molecule has 1 aliphatic rings. The molecule has 2 aromatic carbocycles. The normalized spacial score (nSPS) is 15.1. The average Bonchev–Trinajstić information content (AvgIpc) is 3.17. The highest BCUT2D eigenvalue weighted by molar-refractivity contribution is 8.03. The van der Waals surface area contributed by atoms with Crippen LogP contribution < -0.4 is 33.4 Å². The third-order valence-corrected chi connectivity index (χ3v) is 6.99. The van der Waals surface area contributed by atoms with Crippen LogP contribution in [0, 0.1) is 0 Å². The molecule has 4 nitrogen and oxygen atoms in total. The number of anilines is 1. The van der Waals surface area contributed by atoms with Gasteiger partial charge in [-0.1, -0.05) is 23.1 Å². The Hall–Kier alpha value is -1.71. The molecule has 0 atom stereocenters. The number of thiazole rings is 1. The van der Waals surface area contributed by atoms with Crippen molar-refractivity contribution in [2.24, 2.45) is 0 Å². The van der Waals surface area contributed by atoms with Crippen LogP contribution in [0.1, 0.15) is 25.8 Å². The lowest BCUT2D eigenvalue weighted by Gasteiger charge is -2.18. The van der Waals surface area contributed by atoms with Gasteiger partial charge in [0.15, 0.2) is 0 Å². The van der Waals surface area contributed by atoms with E-state index in [4.69, 9.17) is 0 Å². The zero-order valence-electron chi connectivity index (χ0n) is 16.5. The monoisotopic (exact) mass is 538 g/mol. The molecule has 0 saturated carbocycles. The van der Waals surface area contributed by atoms with Crippen LogP contribution in [0.15, 0.2) is 58.0 Å². The summed E-state index contributed by atoms with van der Waals surface area (Å²) in [5.41, 5.74) is 3.29. The van der Waals surface area contributed by atoms with Crippen LogP contribution in [0.25, 0.3) is 16.3 Å². The zero-order valence-corrected chi connectivity index (χ0v) is 20.3. The van der Waals surface area contributed by atoms with Crippen molar-refractivity contribution in [2.45, 2.75) is 32.2 Å². The van der Waals surface area contributed by atoms with Crippen LogP contribution in [0.5, 0.6) is 11.5 Å². The maximum absolute atomic E-state index is 9.83. The van der Waals surface area contributed by atoms with E-state index in [1.165, 1.54) is 19.6 Å². The van der Waals surface area contributed by atoms with E-state index in [2.05, 4.69) is 42.4 Å². The van der Waals surface area contributed by atoms with E-state index >= 15 is 0 Å². The van der Waals surface area contributed by atoms with Crippen LogP contribution in [0.3, 0.4) is 0 Å². The number of allylic oxidation sites excluding steroid dienone is 2. The summed E-state index contributed by atoms with van der Waals surface area (Å²) < 4.78 is 3.40. The largest absolute Gasteiger partial charge is 1.00 e. The van der Waals surface area contributed by atoms with Gasteiger partial charge in [0, 0.05) is 23.6 Å². The summed E-state index contributed by atoms with van der Waals surface area (Å²) in [6, 6.07) is 11.1. The van der Waals surface area contributed by atoms with E-state index in [0.29, 0.717) is 11.5 Å². The zero-order chi connectivity index (χ0) is 19.8. The Morgan fingerprint density at radius 3 is 2.55 bits per heavy atom. The van der Waals surface area contributed by atoms with Gasteiger partial charge >= 0.3 is 0 Å². The van der Waals surface area contributed by atoms with Crippen molar-refractivity contribution in [2.75, 3.05) is 11.4 Å². The Bertz CT molecular complexity index is 1120. The van der Waals surface area contributed by atoms with Gasteiger partial charge in [-0.3, -0.25) is 0 Å². The summed E-state index contributed by atoms with van der Waals surface area (Å²) in [4.78, 5) is 3.40. The number of thioether (sulfide) groups is 1. The number of rotatable bonds is 4. The molecule has 0 aliphatic carbocycles. The second-order valence-electron chi connectivity index (χ2n) is 6.71. The minimum Gasteiger partial charge on any atom is -1.00 e. The molecular formula is C22H23IN2O2S2. The Morgan fingerprint density at radius 2 is 1.83 bits per heavy atom. The van der Waals surface area contributed by atoms with Crippen LogP contribution in [-0.4, -0.2) is 16.8 Å². The highest BCUT2D eigenvalue weighted by Gasteiger charge is 2.24. The van der Waals surface area contributed by atoms with E-state index in [-0.39, 0.29) is 24.0 Å². The molecule has 0 fully saturated rings. The van der Waals surface area contributed by atoms with Gasteiger partial charge in [0.25, 0.3) is 5.01 Å². The summed E-state index contributed by atoms with van der Waals surface area (Å²) in [6.45, 7) is 8.05. The van der Waals surface area contributed by atoms with E-state index < -0.39 is 0 Å². The van der Waals surface area contributed by atoms with Crippen LogP contribution in [0.4, 0.5) is 5.69 Å². The molecular weight excluding hydrogens is 515 g/mol. The first-order chi connectivity index (χ1) is 13.5. The van der Waals surface area contributed by atoms with E-state index in [9.17, 15) is 10.2 Å². The third-order valence-electron chi connectivity index (χ3n) is 4.76. The summed E-state index contributed by atoms with van der Waals surface area (Å²) in [6.07, 6.45) is 4.40. The van der Waals surface area contributed by atoms with Crippen molar-refractivity contribution in [1.29, 1.82) is 0 Å². The van der Waals surface area contributed by atoms with Gasteiger partial charge < -0.3 is 39.1 Å². The molecule has 4 rings (SSSR count). The van der Waals surface area contributed by atoms with Crippen molar-refractivity contribution in [3.05, 3.63) is 58.1 Å². The van der Waals surface area contributed by atoms with Crippen LogP contribution in [0.2, 0.25) is 0 Å². The number of aromatic nitrogens is 1. The van der Waals surface area contributed by atoms with Gasteiger partial charge in [-0.2, -0.15) is 4.57 Å². The van der Waals surface area contributed by atoms with Crippen molar-refractivity contribution >= 4 is 45.1 Å². The Morgan fingerprint density at radius 1 is 1.10 bits per heavy atom. The smallest absolute Gasteiger partial charge is 0.262 e. The average molecular weight is 538 g/mol. The molecule has 7 heteroatoms. The first-order valence-corrected chi connectivity index (χ1v) is 11.0. The minimum atomic E-state index is 0. The molecule has 3 aromatic rings. The Labute approximate surface area is 196 Å². The number of halogens is 1.